The number of hydrogen-bond donors (Lipinski definition) is 1. The topological polar surface area (TPSA) is 42.4 Å². The molecule has 0 spiro atoms. The van der Waals surface area contributed by atoms with Crippen molar-refractivity contribution in [2.75, 3.05) is 0 Å². The first-order valence-corrected chi connectivity index (χ1v) is 6.68. The standard InChI is InChI=1S/C14H17NO2S/c1-9-4-5-12(6-10(9)2)17-8-14-15-11(3)13(7-16)18-14/h4-6,16H,7-8H2,1-3H3. The van der Waals surface area contributed by atoms with E-state index in [0.717, 1.165) is 21.3 Å². The second kappa shape index (κ2) is 5.50. The van der Waals surface area contributed by atoms with Crippen LogP contribution < -0.4 is 4.74 Å². The number of rotatable bonds is 4. The zero-order valence-electron chi connectivity index (χ0n) is 10.9. The normalized spacial score (nSPS) is 10.7. The number of ether oxygens (including phenoxy) is 1. The Kier molecular flexibility index (Phi) is 3.99. The quantitative estimate of drug-likeness (QED) is 0.921. The van der Waals surface area contributed by atoms with Crippen molar-refractivity contribution in [2.24, 2.45) is 0 Å². The van der Waals surface area contributed by atoms with Crippen LogP contribution in [0.1, 0.15) is 26.7 Å². The molecule has 1 N–H and O–H groups in total. The summed E-state index contributed by atoms with van der Waals surface area (Å²) in [5, 5.41) is 10.0. The monoisotopic (exact) mass is 263 g/mol. The molecule has 1 aromatic carbocycles. The molecule has 2 rings (SSSR count). The van der Waals surface area contributed by atoms with Crippen molar-refractivity contribution >= 4 is 11.3 Å². The molecule has 0 amide bonds. The third kappa shape index (κ3) is 2.89. The third-order valence-electron chi connectivity index (χ3n) is 2.92. The van der Waals surface area contributed by atoms with Gasteiger partial charge in [-0.3, -0.25) is 0 Å². The molecule has 0 unspecified atom stereocenters. The summed E-state index contributed by atoms with van der Waals surface area (Å²) in [6, 6.07) is 6.05. The van der Waals surface area contributed by atoms with Crippen molar-refractivity contribution in [1.29, 1.82) is 0 Å². The van der Waals surface area contributed by atoms with Crippen LogP contribution in [0.4, 0.5) is 0 Å². The van der Waals surface area contributed by atoms with Crippen LogP contribution >= 0.6 is 11.3 Å². The fourth-order valence-corrected chi connectivity index (χ4v) is 2.49. The van der Waals surface area contributed by atoms with Crippen LogP contribution in [0.5, 0.6) is 5.75 Å². The Hall–Kier alpha value is -1.39. The van der Waals surface area contributed by atoms with E-state index in [2.05, 4.69) is 24.9 Å². The molecule has 0 bridgehead atoms. The van der Waals surface area contributed by atoms with E-state index in [4.69, 9.17) is 9.84 Å². The van der Waals surface area contributed by atoms with Crippen LogP contribution in [0.15, 0.2) is 18.2 Å². The minimum atomic E-state index is 0.0487. The van der Waals surface area contributed by atoms with Crippen molar-refractivity contribution in [2.45, 2.75) is 34.0 Å². The maximum atomic E-state index is 9.11. The van der Waals surface area contributed by atoms with Crippen molar-refractivity contribution in [3.8, 4) is 5.75 Å². The number of nitrogens with zero attached hydrogens (tertiary/aromatic N) is 1. The molecule has 1 heterocycles. The van der Waals surface area contributed by atoms with Crippen molar-refractivity contribution in [3.63, 3.8) is 0 Å². The number of aliphatic hydroxyl groups excluding tert-OH is 1. The Morgan fingerprint density at radius 1 is 1.22 bits per heavy atom. The number of thiazole rings is 1. The molecule has 0 aliphatic heterocycles. The molecule has 2 aromatic rings. The molecule has 0 saturated heterocycles. The summed E-state index contributed by atoms with van der Waals surface area (Å²) >= 11 is 1.50. The highest BCUT2D eigenvalue weighted by atomic mass is 32.1. The van der Waals surface area contributed by atoms with Gasteiger partial charge in [0.05, 0.1) is 17.2 Å². The van der Waals surface area contributed by atoms with Gasteiger partial charge in [-0.05, 0) is 44.0 Å². The summed E-state index contributed by atoms with van der Waals surface area (Å²) < 4.78 is 5.71. The van der Waals surface area contributed by atoms with E-state index in [-0.39, 0.29) is 6.61 Å². The Balaban J connectivity index is 2.04. The smallest absolute Gasteiger partial charge is 0.140 e. The predicted octanol–water partition coefficient (Wildman–Crippen LogP) is 3.14. The van der Waals surface area contributed by atoms with Gasteiger partial charge in [-0.15, -0.1) is 11.3 Å². The van der Waals surface area contributed by atoms with E-state index in [9.17, 15) is 0 Å². The molecule has 96 valence electrons. The second-order valence-corrected chi connectivity index (χ2v) is 5.48. The molecule has 0 aliphatic rings. The second-order valence-electron chi connectivity index (χ2n) is 4.31. The summed E-state index contributed by atoms with van der Waals surface area (Å²) in [5.74, 6) is 0.858. The fraction of sp³-hybridized carbons (Fsp3) is 0.357. The largest absolute Gasteiger partial charge is 0.486 e. The van der Waals surface area contributed by atoms with E-state index < -0.39 is 0 Å². The highest BCUT2D eigenvalue weighted by molar-refractivity contribution is 7.11. The Morgan fingerprint density at radius 2 is 2.00 bits per heavy atom. The highest BCUT2D eigenvalue weighted by Crippen LogP contribution is 2.21. The first-order chi connectivity index (χ1) is 8.60. The summed E-state index contributed by atoms with van der Waals surface area (Å²) in [5.41, 5.74) is 3.37. The summed E-state index contributed by atoms with van der Waals surface area (Å²) in [4.78, 5) is 5.28. The van der Waals surface area contributed by atoms with E-state index in [1.165, 1.54) is 22.5 Å². The summed E-state index contributed by atoms with van der Waals surface area (Å²) in [6.07, 6.45) is 0. The number of aromatic nitrogens is 1. The van der Waals surface area contributed by atoms with Crippen molar-refractivity contribution in [3.05, 3.63) is 44.9 Å². The first-order valence-electron chi connectivity index (χ1n) is 5.86. The first kappa shape index (κ1) is 13.1. The lowest BCUT2D eigenvalue weighted by atomic mass is 10.1. The third-order valence-corrected chi connectivity index (χ3v) is 4.04. The van der Waals surface area contributed by atoms with E-state index in [1.807, 2.05) is 19.1 Å². The molecule has 0 radical (unpaired) electrons. The molecule has 0 aliphatic carbocycles. The molecule has 4 heteroatoms. The molecule has 0 fully saturated rings. The number of hydrogen-bond acceptors (Lipinski definition) is 4. The van der Waals surface area contributed by atoms with E-state index in [1.54, 1.807) is 0 Å². The predicted molar refractivity (Wildman–Crippen MR) is 73.0 cm³/mol. The number of aryl methyl sites for hydroxylation is 3. The van der Waals surface area contributed by atoms with Gasteiger partial charge in [0.1, 0.15) is 17.4 Å². The molecule has 0 saturated carbocycles. The zero-order chi connectivity index (χ0) is 13.1. The van der Waals surface area contributed by atoms with Crippen LogP contribution in [-0.4, -0.2) is 10.1 Å². The lowest BCUT2D eigenvalue weighted by Gasteiger charge is -2.06. The Bertz CT molecular complexity index is 549. The van der Waals surface area contributed by atoms with Gasteiger partial charge in [0.2, 0.25) is 0 Å². The highest BCUT2D eigenvalue weighted by Gasteiger charge is 2.07. The Morgan fingerprint density at radius 3 is 2.61 bits per heavy atom. The lowest BCUT2D eigenvalue weighted by Crippen LogP contribution is -1.95. The number of benzene rings is 1. The SMILES string of the molecule is Cc1ccc(OCc2nc(C)c(CO)s2)cc1C. The van der Waals surface area contributed by atoms with E-state index >= 15 is 0 Å². The molecule has 18 heavy (non-hydrogen) atoms. The van der Waals surface area contributed by atoms with Gasteiger partial charge >= 0.3 is 0 Å². The summed E-state index contributed by atoms with van der Waals surface area (Å²) in [7, 11) is 0. The van der Waals surface area contributed by atoms with Crippen LogP contribution in [0.2, 0.25) is 0 Å². The zero-order valence-corrected chi connectivity index (χ0v) is 11.7. The molecular formula is C14H17NO2S. The average Bonchev–Trinajstić information content (AvgIpc) is 2.71. The molecule has 0 atom stereocenters. The van der Waals surface area contributed by atoms with Crippen LogP contribution in [0.3, 0.4) is 0 Å². The van der Waals surface area contributed by atoms with E-state index in [0.29, 0.717) is 6.61 Å². The van der Waals surface area contributed by atoms with Gasteiger partial charge in [-0.2, -0.15) is 0 Å². The lowest BCUT2D eigenvalue weighted by molar-refractivity contribution is 0.284. The van der Waals surface area contributed by atoms with Gasteiger partial charge in [-0.25, -0.2) is 4.98 Å². The van der Waals surface area contributed by atoms with Crippen LogP contribution in [0.25, 0.3) is 0 Å². The van der Waals surface area contributed by atoms with Gasteiger partial charge in [0, 0.05) is 0 Å². The van der Waals surface area contributed by atoms with Gasteiger partial charge in [0.25, 0.3) is 0 Å². The summed E-state index contributed by atoms with van der Waals surface area (Å²) in [6.45, 7) is 6.55. The molecular weight excluding hydrogens is 246 g/mol. The van der Waals surface area contributed by atoms with Crippen LogP contribution in [0, 0.1) is 20.8 Å². The fourth-order valence-electron chi connectivity index (χ4n) is 1.65. The van der Waals surface area contributed by atoms with Gasteiger partial charge in [-0.1, -0.05) is 6.07 Å². The average molecular weight is 263 g/mol. The van der Waals surface area contributed by atoms with Gasteiger partial charge in [0.15, 0.2) is 0 Å². The Labute approximate surface area is 111 Å². The minimum absolute atomic E-state index is 0.0487. The molecule has 3 nitrogen and oxygen atoms in total. The number of aliphatic hydroxyl groups is 1. The van der Waals surface area contributed by atoms with Crippen molar-refractivity contribution in [1.82, 2.24) is 4.98 Å². The maximum absolute atomic E-state index is 9.11. The van der Waals surface area contributed by atoms with Gasteiger partial charge < -0.3 is 9.84 Å². The minimum Gasteiger partial charge on any atom is -0.486 e. The van der Waals surface area contributed by atoms with Crippen LogP contribution in [-0.2, 0) is 13.2 Å². The van der Waals surface area contributed by atoms with Crippen molar-refractivity contribution < 1.29 is 9.84 Å². The maximum Gasteiger partial charge on any atom is 0.140 e. The molecule has 1 aromatic heterocycles.